The smallest absolute Gasteiger partial charge is 0.123 e. The largest absolute Gasteiger partial charge is 0.330 e. The summed E-state index contributed by atoms with van der Waals surface area (Å²) in [7, 11) is 0. The molecule has 0 atom stereocenters. The highest BCUT2D eigenvalue weighted by molar-refractivity contribution is 5.26. The first-order valence-electron chi connectivity index (χ1n) is 6.86. The van der Waals surface area contributed by atoms with Gasteiger partial charge < -0.3 is 5.73 Å². The van der Waals surface area contributed by atoms with Gasteiger partial charge in [-0.1, -0.05) is 6.07 Å². The van der Waals surface area contributed by atoms with Gasteiger partial charge in [0.1, 0.15) is 5.82 Å². The molecule has 0 aromatic heterocycles. The zero-order valence-electron chi connectivity index (χ0n) is 11.2. The molecule has 1 aliphatic heterocycles. The molecule has 0 bridgehead atoms. The Morgan fingerprint density at radius 2 is 2.06 bits per heavy atom. The van der Waals surface area contributed by atoms with E-state index in [1.807, 2.05) is 6.07 Å². The highest BCUT2D eigenvalue weighted by atomic mass is 19.1. The molecular formula is C15H23FN2. The fourth-order valence-electron chi connectivity index (χ4n) is 2.72. The summed E-state index contributed by atoms with van der Waals surface area (Å²) in [5.41, 5.74) is 7.90. The number of nitrogens with two attached hydrogens (primary N) is 1. The first kappa shape index (κ1) is 13.5. The number of piperidine rings is 1. The Bertz CT molecular complexity index is 384. The Morgan fingerprint density at radius 1 is 1.33 bits per heavy atom. The number of hydrogen-bond acceptors (Lipinski definition) is 2. The fourth-order valence-corrected chi connectivity index (χ4v) is 2.72. The monoisotopic (exact) mass is 250 g/mol. The molecule has 100 valence electrons. The van der Waals surface area contributed by atoms with Crippen LogP contribution in [0.1, 0.15) is 30.4 Å². The Balaban J connectivity index is 1.89. The molecule has 1 aromatic carbocycles. The van der Waals surface area contributed by atoms with Crippen molar-refractivity contribution in [2.75, 3.05) is 19.6 Å². The van der Waals surface area contributed by atoms with E-state index < -0.39 is 0 Å². The molecular weight excluding hydrogens is 227 g/mol. The molecule has 0 radical (unpaired) electrons. The Hall–Kier alpha value is -0.930. The van der Waals surface area contributed by atoms with Crippen molar-refractivity contribution in [3.63, 3.8) is 0 Å². The predicted molar refractivity (Wildman–Crippen MR) is 72.8 cm³/mol. The molecule has 2 N–H and O–H groups in total. The number of hydrogen-bond donors (Lipinski definition) is 1. The predicted octanol–water partition coefficient (Wildman–Crippen LogP) is 2.69. The maximum atomic E-state index is 13.2. The van der Waals surface area contributed by atoms with E-state index in [0.29, 0.717) is 0 Å². The summed E-state index contributed by atoms with van der Waals surface area (Å²) in [5, 5.41) is 0. The van der Waals surface area contributed by atoms with Crippen LogP contribution < -0.4 is 5.73 Å². The molecule has 2 rings (SSSR count). The number of nitrogens with zero attached hydrogens (tertiary/aromatic N) is 1. The minimum Gasteiger partial charge on any atom is -0.330 e. The quantitative estimate of drug-likeness (QED) is 0.890. The summed E-state index contributed by atoms with van der Waals surface area (Å²) in [6.07, 6.45) is 3.60. The van der Waals surface area contributed by atoms with Crippen molar-refractivity contribution in [2.45, 2.75) is 32.7 Å². The highest BCUT2D eigenvalue weighted by Gasteiger charge is 2.19. The topological polar surface area (TPSA) is 29.3 Å². The molecule has 0 aliphatic carbocycles. The third kappa shape index (κ3) is 3.53. The summed E-state index contributed by atoms with van der Waals surface area (Å²) >= 11 is 0. The molecule has 0 spiro atoms. The van der Waals surface area contributed by atoms with Crippen molar-refractivity contribution in [2.24, 2.45) is 11.7 Å². The van der Waals surface area contributed by atoms with Crippen molar-refractivity contribution in [3.05, 3.63) is 35.1 Å². The number of aryl methyl sites for hydroxylation is 1. The van der Waals surface area contributed by atoms with Gasteiger partial charge in [0.15, 0.2) is 0 Å². The average molecular weight is 250 g/mol. The lowest BCUT2D eigenvalue weighted by molar-refractivity contribution is 0.173. The molecule has 3 heteroatoms. The van der Waals surface area contributed by atoms with Crippen LogP contribution in [0.15, 0.2) is 18.2 Å². The first-order chi connectivity index (χ1) is 8.69. The van der Waals surface area contributed by atoms with Crippen LogP contribution in [0.25, 0.3) is 0 Å². The zero-order valence-corrected chi connectivity index (χ0v) is 11.2. The molecule has 0 amide bonds. The van der Waals surface area contributed by atoms with Gasteiger partial charge in [0.25, 0.3) is 0 Å². The average Bonchev–Trinajstić information content (AvgIpc) is 2.37. The second-order valence-electron chi connectivity index (χ2n) is 5.37. The minimum atomic E-state index is -0.131. The van der Waals surface area contributed by atoms with Crippen molar-refractivity contribution < 1.29 is 4.39 Å². The van der Waals surface area contributed by atoms with Crippen molar-refractivity contribution in [3.8, 4) is 0 Å². The third-order valence-corrected chi connectivity index (χ3v) is 3.99. The normalized spacial score (nSPS) is 18.2. The van der Waals surface area contributed by atoms with Crippen LogP contribution in [0.3, 0.4) is 0 Å². The highest BCUT2D eigenvalue weighted by Crippen LogP contribution is 2.22. The zero-order chi connectivity index (χ0) is 13.0. The van der Waals surface area contributed by atoms with E-state index in [4.69, 9.17) is 5.73 Å². The SMILES string of the molecule is Cc1ccc(F)cc1CN1CCC(CCN)CC1. The second kappa shape index (κ2) is 6.30. The van der Waals surface area contributed by atoms with Crippen LogP contribution in [0.2, 0.25) is 0 Å². The molecule has 0 unspecified atom stereocenters. The van der Waals surface area contributed by atoms with Crippen LogP contribution in [0.5, 0.6) is 0 Å². The first-order valence-corrected chi connectivity index (χ1v) is 6.86. The van der Waals surface area contributed by atoms with Crippen molar-refractivity contribution in [1.82, 2.24) is 4.90 Å². The van der Waals surface area contributed by atoms with E-state index in [2.05, 4.69) is 11.8 Å². The Kier molecular flexibility index (Phi) is 4.72. The van der Waals surface area contributed by atoms with Gasteiger partial charge in [0.05, 0.1) is 0 Å². The number of benzene rings is 1. The van der Waals surface area contributed by atoms with E-state index in [1.165, 1.54) is 24.5 Å². The summed E-state index contributed by atoms with van der Waals surface area (Å²) < 4.78 is 13.2. The molecule has 0 saturated carbocycles. The van der Waals surface area contributed by atoms with Gasteiger partial charge in [-0.3, -0.25) is 4.90 Å². The minimum absolute atomic E-state index is 0.131. The molecule has 18 heavy (non-hydrogen) atoms. The van der Waals surface area contributed by atoms with E-state index >= 15 is 0 Å². The van der Waals surface area contributed by atoms with Gasteiger partial charge in [0, 0.05) is 6.54 Å². The number of halogens is 1. The van der Waals surface area contributed by atoms with Gasteiger partial charge in [-0.25, -0.2) is 4.39 Å². The van der Waals surface area contributed by atoms with Crippen LogP contribution in [0.4, 0.5) is 4.39 Å². The summed E-state index contributed by atoms with van der Waals surface area (Å²) in [5.74, 6) is 0.661. The molecule has 1 aliphatic rings. The van der Waals surface area contributed by atoms with Crippen LogP contribution in [0, 0.1) is 18.7 Å². The molecule has 2 nitrogen and oxygen atoms in total. The lowest BCUT2D eigenvalue weighted by Gasteiger charge is -2.32. The van der Waals surface area contributed by atoms with Crippen LogP contribution in [-0.4, -0.2) is 24.5 Å². The molecule has 1 fully saturated rings. The summed E-state index contributed by atoms with van der Waals surface area (Å²) in [6.45, 7) is 5.95. The van der Waals surface area contributed by atoms with Gasteiger partial charge in [0.2, 0.25) is 0 Å². The van der Waals surface area contributed by atoms with E-state index in [9.17, 15) is 4.39 Å². The van der Waals surface area contributed by atoms with Gasteiger partial charge in [-0.15, -0.1) is 0 Å². The number of rotatable bonds is 4. The summed E-state index contributed by atoms with van der Waals surface area (Å²) in [6, 6.07) is 5.07. The van der Waals surface area contributed by atoms with E-state index in [1.54, 1.807) is 6.07 Å². The van der Waals surface area contributed by atoms with Crippen molar-refractivity contribution in [1.29, 1.82) is 0 Å². The molecule has 1 heterocycles. The third-order valence-electron chi connectivity index (χ3n) is 3.99. The van der Waals surface area contributed by atoms with Gasteiger partial charge in [-0.05, 0) is 75.0 Å². The summed E-state index contributed by atoms with van der Waals surface area (Å²) in [4.78, 5) is 2.43. The van der Waals surface area contributed by atoms with Crippen LogP contribution >= 0.6 is 0 Å². The van der Waals surface area contributed by atoms with Gasteiger partial charge >= 0.3 is 0 Å². The lowest BCUT2D eigenvalue weighted by Crippen LogP contribution is -2.34. The Morgan fingerprint density at radius 3 is 2.72 bits per heavy atom. The van der Waals surface area contributed by atoms with E-state index in [-0.39, 0.29) is 5.82 Å². The van der Waals surface area contributed by atoms with Gasteiger partial charge in [-0.2, -0.15) is 0 Å². The maximum Gasteiger partial charge on any atom is 0.123 e. The number of likely N-dealkylation sites (tertiary alicyclic amines) is 1. The van der Waals surface area contributed by atoms with Crippen molar-refractivity contribution >= 4 is 0 Å². The van der Waals surface area contributed by atoms with Crippen LogP contribution in [-0.2, 0) is 6.54 Å². The Labute approximate surface area is 109 Å². The van der Waals surface area contributed by atoms with E-state index in [0.717, 1.165) is 44.1 Å². The standard InChI is InChI=1S/C15H23FN2/c1-12-2-3-15(16)10-14(12)11-18-8-5-13(4-7-17)6-9-18/h2-3,10,13H,4-9,11,17H2,1H3. The maximum absolute atomic E-state index is 13.2. The molecule has 1 saturated heterocycles. The molecule has 1 aromatic rings. The fraction of sp³-hybridized carbons (Fsp3) is 0.600. The second-order valence-corrected chi connectivity index (χ2v) is 5.37. The lowest BCUT2D eigenvalue weighted by atomic mass is 9.93.